The highest BCUT2D eigenvalue weighted by Crippen LogP contribution is 2.31. The lowest BCUT2D eigenvalue weighted by atomic mass is 9.79. The molecule has 0 radical (unpaired) electrons. The number of alkyl carbamates (subject to hydrolysis) is 1. The molecule has 7 heteroatoms. The molecule has 0 saturated heterocycles. The van der Waals surface area contributed by atoms with Crippen LogP contribution >= 0.6 is 0 Å². The molecule has 1 atom stereocenters. The molecule has 29 heavy (non-hydrogen) atoms. The molecule has 1 aliphatic rings. The van der Waals surface area contributed by atoms with Crippen molar-refractivity contribution in [2.75, 3.05) is 11.9 Å². The number of amides is 2. The molecule has 1 aliphatic carbocycles. The number of hydrogen-bond donors (Lipinski definition) is 4. The van der Waals surface area contributed by atoms with Crippen LogP contribution in [0.3, 0.4) is 0 Å². The van der Waals surface area contributed by atoms with Crippen molar-refractivity contribution in [1.29, 1.82) is 0 Å². The maximum absolute atomic E-state index is 12.2. The largest absolute Gasteiger partial charge is 0.444 e. The molecule has 1 unspecified atom stereocenters. The van der Waals surface area contributed by atoms with Gasteiger partial charge in [-0.05, 0) is 69.6 Å². The van der Waals surface area contributed by atoms with Crippen molar-refractivity contribution in [3.05, 3.63) is 29.8 Å². The van der Waals surface area contributed by atoms with E-state index in [-0.39, 0.29) is 6.61 Å². The first-order valence-corrected chi connectivity index (χ1v) is 10.3. The van der Waals surface area contributed by atoms with Crippen molar-refractivity contribution in [1.82, 2.24) is 5.32 Å². The van der Waals surface area contributed by atoms with E-state index in [9.17, 15) is 14.7 Å². The van der Waals surface area contributed by atoms with Gasteiger partial charge in [-0.25, -0.2) is 4.79 Å². The Morgan fingerprint density at radius 3 is 2.24 bits per heavy atom. The maximum atomic E-state index is 12.2. The van der Waals surface area contributed by atoms with Gasteiger partial charge in [-0.3, -0.25) is 4.79 Å². The van der Waals surface area contributed by atoms with Gasteiger partial charge >= 0.3 is 6.09 Å². The van der Waals surface area contributed by atoms with E-state index in [1.54, 1.807) is 24.3 Å². The van der Waals surface area contributed by atoms with E-state index in [2.05, 4.69) is 10.6 Å². The van der Waals surface area contributed by atoms with E-state index < -0.39 is 23.7 Å². The van der Waals surface area contributed by atoms with Crippen LogP contribution in [0.2, 0.25) is 0 Å². The number of ether oxygens (including phenoxy) is 1. The summed E-state index contributed by atoms with van der Waals surface area (Å²) in [4.78, 5) is 24.0. The number of aliphatic hydroxyl groups is 2. The van der Waals surface area contributed by atoms with Crippen molar-refractivity contribution in [3.63, 3.8) is 0 Å². The van der Waals surface area contributed by atoms with E-state index in [0.29, 0.717) is 30.5 Å². The highest BCUT2D eigenvalue weighted by atomic mass is 16.6. The highest BCUT2D eigenvalue weighted by molar-refractivity contribution is 5.93. The lowest BCUT2D eigenvalue weighted by Gasteiger charge is -2.30. The second-order valence-electron chi connectivity index (χ2n) is 8.87. The summed E-state index contributed by atoms with van der Waals surface area (Å²) in [6.45, 7) is 6.05. The number of nitrogens with one attached hydrogen (secondary N) is 2. The number of hydrogen-bond acceptors (Lipinski definition) is 5. The summed E-state index contributed by atoms with van der Waals surface area (Å²) in [5, 5.41) is 24.8. The number of carbonyl (C=O) groups excluding carboxylic acids is 2. The summed E-state index contributed by atoms with van der Waals surface area (Å²) < 4.78 is 5.25. The summed E-state index contributed by atoms with van der Waals surface area (Å²) in [5.41, 5.74) is 0.865. The Hall–Kier alpha value is -2.12. The van der Waals surface area contributed by atoms with E-state index in [1.807, 2.05) is 20.8 Å². The fraction of sp³-hybridized carbons (Fsp3) is 0.636. The quantitative estimate of drug-likeness (QED) is 0.556. The Morgan fingerprint density at radius 2 is 1.69 bits per heavy atom. The van der Waals surface area contributed by atoms with E-state index in [4.69, 9.17) is 9.84 Å². The Kier molecular flexibility index (Phi) is 8.46. The molecule has 1 aromatic rings. The van der Waals surface area contributed by atoms with Crippen LogP contribution in [0.1, 0.15) is 58.4 Å². The van der Waals surface area contributed by atoms with Gasteiger partial charge in [0.1, 0.15) is 11.7 Å². The summed E-state index contributed by atoms with van der Waals surface area (Å²) in [5.74, 6) is 0.288. The third-order valence-corrected chi connectivity index (χ3v) is 5.16. The molecule has 0 aromatic heterocycles. The average Bonchev–Trinajstić information content (AvgIpc) is 2.66. The van der Waals surface area contributed by atoms with Crippen molar-refractivity contribution >= 4 is 17.7 Å². The van der Waals surface area contributed by atoms with E-state index >= 15 is 0 Å². The molecule has 1 saturated carbocycles. The lowest BCUT2D eigenvalue weighted by molar-refractivity contribution is -0.125. The van der Waals surface area contributed by atoms with Crippen molar-refractivity contribution in [2.24, 2.45) is 11.8 Å². The molecule has 1 fully saturated rings. The van der Waals surface area contributed by atoms with Crippen LogP contribution in [0.25, 0.3) is 0 Å². The maximum Gasteiger partial charge on any atom is 0.407 e. The average molecular weight is 407 g/mol. The molecule has 1 aromatic carbocycles. The summed E-state index contributed by atoms with van der Waals surface area (Å²) in [6.07, 6.45) is 2.77. The smallest absolute Gasteiger partial charge is 0.407 e. The molecule has 7 nitrogen and oxygen atoms in total. The third kappa shape index (κ3) is 8.41. The number of rotatable bonds is 7. The number of aliphatic hydroxyl groups excluding tert-OH is 2. The number of benzene rings is 1. The predicted molar refractivity (Wildman–Crippen MR) is 111 cm³/mol. The van der Waals surface area contributed by atoms with Gasteiger partial charge in [0, 0.05) is 12.2 Å². The zero-order valence-corrected chi connectivity index (χ0v) is 17.6. The molecule has 2 amide bonds. The zero-order valence-electron chi connectivity index (χ0n) is 17.6. The lowest BCUT2D eigenvalue weighted by Crippen LogP contribution is -2.36. The number of carbonyl (C=O) groups is 2. The summed E-state index contributed by atoms with van der Waals surface area (Å²) >= 11 is 0. The molecule has 0 heterocycles. The minimum Gasteiger partial charge on any atom is -0.444 e. The minimum absolute atomic E-state index is 0.0488. The Morgan fingerprint density at radius 1 is 1.10 bits per heavy atom. The summed E-state index contributed by atoms with van der Waals surface area (Å²) in [7, 11) is 0. The predicted octanol–water partition coefficient (Wildman–Crippen LogP) is 3.20. The van der Waals surface area contributed by atoms with Gasteiger partial charge in [-0.2, -0.15) is 0 Å². The molecule has 4 N–H and O–H groups in total. The van der Waals surface area contributed by atoms with Crippen LogP contribution < -0.4 is 10.6 Å². The molecular weight excluding hydrogens is 372 g/mol. The molecule has 2 rings (SSSR count). The van der Waals surface area contributed by atoms with Gasteiger partial charge in [0.25, 0.3) is 5.91 Å². The molecule has 0 spiro atoms. The van der Waals surface area contributed by atoms with Gasteiger partial charge in [-0.15, -0.1) is 0 Å². The van der Waals surface area contributed by atoms with Crippen LogP contribution in [0, 0.1) is 11.8 Å². The fourth-order valence-corrected chi connectivity index (χ4v) is 3.55. The monoisotopic (exact) mass is 406 g/mol. The van der Waals surface area contributed by atoms with Gasteiger partial charge in [0.05, 0.1) is 6.61 Å². The summed E-state index contributed by atoms with van der Waals surface area (Å²) in [6, 6.07) is 6.88. The number of anilines is 1. The van der Waals surface area contributed by atoms with Crippen LogP contribution in [-0.2, 0) is 16.1 Å². The first-order chi connectivity index (χ1) is 13.7. The van der Waals surface area contributed by atoms with Gasteiger partial charge in [0.2, 0.25) is 0 Å². The van der Waals surface area contributed by atoms with Crippen LogP contribution in [0.15, 0.2) is 24.3 Å². The van der Waals surface area contributed by atoms with Crippen molar-refractivity contribution < 1.29 is 24.5 Å². The zero-order chi connectivity index (χ0) is 21.4. The van der Waals surface area contributed by atoms with Crippen LogP contribution in [0.4, 0.5) is 10.5 Å². The third-order valence-electron chi connectivity index (χ3n) is 5.16. The van der Waals surface area contributed by atoms with Crippen LogP contribution in [-0.4, -0.2) is 40.5 Å². The van der Waals surface area contributed by atoms with Crippen molar-refractivity contribution in [3.8, 4) is 0 Å². The second-order valence-corrected chi connectivity index (χ2v) is 8.87. The molecule has 0 bridgehead atoms. The molecular formula is C22H34N2O5. The second kappa shape index (κ2) is 10.6. The van der Waals surface area contributed by atoms with Gasteiger partial charge in [0.15, 0.2) is 0 Å². The van der Waals surface area contributed by atoms with E-state index in [1.165, 1.54) is 0 Å². The topological polar surface area (TPSA) is 108 Å². The van der Waals surface area contributed by atoms with E-state index in [0.717, 1.165) is 31.2 Å². The highest BCUT2D eigenvalue weighted by Gasteiger charge is 2.26. The van der Waals surface area contributed by atoms with Gasteiger partial charge < -0.3 is 25.6 Å². The van der Waals surface area contributed by atoms with Gasteiger partial charge in [-0.1, -0.05) is 25.0 Å². The Balaban J connectivity index is 1.68. The minimum atomic E-state index is -1.05. The normalized spacial score (nSPS) is 20.6. The standard InChI is InChI=1S/C22H34N2O5/c1-22(2,3)29-21(28)23-13-16-6-4-15(5-7-16)12-19(26)20(27)24-18-10-8-17(14-25)9-11-18/h8-11,15-16,19,25-26H,4-7,12-14H2,1-3H3,(H,23,28)(H,24,27). The molecule has 0 aliphatic heterocycles. The first-order valence-electron chi connectivity index (χ1n) is 10.3. The van der Waals surface area contributed by atoms with Crippen LogP contribution in [0.5, 0.6) is 0 Å². The Labute approximate surface area is 172 Å². The fourth-order valence-electron chi connectivity index (χ4n) is 3.55. The SMILES string of the molecule is CC(C)(C)OC(=O)NCC1CCC(CC(O)C(=O)Nc2ccc(CO)cc2)CC1. The molecule has 162 valence electrons. The Bertz CT molecular complexity index is 661. The first kappa shape index (κ1) is 23.2. The van der Waals surface area contributed by atoms with Crippen molar-refractivity contribution in [2.45, 2.75) is 71.2 Å².